The number of hydrogen-bond donors (Lipinski definition) is 1. The summed E-state index contributed by atoms with van der Waals surface area (Å²) in [5.74, 6) is 0.403. The number of nitrogens with zero attached hydrogens (tertiary/aromatic N) is 3. The van der Waals surface area contributed by atoms with Crippen molar-refractivity contribution in [1.82, 2.24) is 14.5 Å². The molecular formula is C30H33ClN4O2. The lowest BCUT2D eigenvalue weighted by Crippen LogP contribution is -2.51. The summed E-state index contributed by atoms with van der Waals surface area (Å²) in [4.78, 5) is 34.7. The first-order chi connectivity index (χ1) is 17.8. The van der Waals surface area contributed by atoms with Gasteiger partial charge in [-0.3, -0.25) is 14.2 Å². The molecule has 2 N–H and O–H groups in total. The summed E-state index contributed by atoms with van der Waals surface area (Å²) in [5, 5.41) is 0.987. The van der Waals surface area contributed by atoms with Crippen LogP contribution in [0.15, 0.2) is 77.6 Å². The molecule has 0 aliphatic carbocycles. The standard InChI is InChI=1S/C30H33ClN4O2/c1-4-30(3,35(18-8-17-32)27(36)23-13-11-21(2)12-14-23)29-33-26-19-24(31)15-16-25(26)28(37)34(29)20-22-9-6-5-7-10-22/h5-7,9-16,19H,4,8,17-18,20,32H2,1-3H3/t30-/m1/s1. The molecule has 0 radical (unpaired) electrons. The predicted octanol–water partition coefficient (Wildman–Crippen LogP) is 5.52. The largest absolute Gasteiger partial charge is 0.330 e. The predicted molar refractivity (Wildman–Crippen MR) is 150 cm³/mol. The molecule has 4 rings (SSSR count). The zero-order valence-electron chi connectivity index (χ0n) is 21.6. The third-order valence-corrected chi connectivity index (χ3v) is 7.23. The van der Waals surface area contributed by atoms with E-state index < -0.39 is 5.54 Å². The average Bonchev–Trinajstić information content (AvgIpc) is 2.90. The van der Waals surface area contributed by atoms with Gasteiger partial charge in [-0.15, -0.1) is 0 Å². The van der Waals surface area contributed by atoms with Crippen molar-refractivity contribution >= 4 is 28.4 Å². The van der Waals surface area contributed by atoms with Crippen LogP contribution >= 0.6 is 11.6 Å². The van der Waals surface area contributed by atoms with E-state index in [-0.39, 0.29) is 11.5 Å². The van der Waals surface area contributed by atoms with Crippen LogP contribution in [0.4, 0.5) is 0 Å². The normalized spacial score (nSPS) is 12.9. The molecule has 0 spiro atoms. The minimum atomic E-state index is -0.887. The van der Waals surface area contributed by atoms with Crippen LogP contribution in [-0.4, -0.2) is 33.4 Å². The van der Waals surface area contributed by atoms with E-state index in [0.29, 0.717) is 59.8 Å². The highest BCUT2D eigenvalue weighted by Crippen LogP contribution is 2.33. The van der Waals surface area contributed by atoms with Crippen molar-refractivity contribution in [3.05, 3.63) is 111 Å². The molecule has 0 saturated heterocycles. The van der Waals surface area contributed by atoms with Gasteiger partial charge in [0.15, 0.2) is 0 Å². The molecule has 1 heterocycles. The Morgan fingerprint density at radius 3 is 2.43 bits per heavy atom. The molecule has 1 aromatic heterocycles. The average molecular weight is 517 g/mol. The van der Waals surface area contributed by atoms with Gasteiger partial charge in [0, 0.05) is 17.1 Å². The smallest absolute Gasteiger partial charge is 0.261 e. The zero-order chi connectivity index (χ0) is 26.6. The van der Waals surface area contributed by atoms with Crippen molar-refractivity contribution < 1.29 is 4.79 Å². The molecule has 7 heteroatoms. The van der Waals surface area contributed by atoms with Gasteiger partial charge in [0.25, 0.3) is 11.5 Å². The second-order valence-electron chi connectivity index (χ2n) is 9.57. The first kappa shape index (κ1) is 26.6. The van der Waals surface area contributed by atoms with Gasteiger partial charge >= 0.3 is 0 Å². The van der Waals surface area contributed by atoms with Gasteiger partial charge in [-0.05, 0) is 69.1 Å². The van der Waals surface area contributed by atoms with E-state index in [9.17, 15) is 9.59 Å². The molecule has 37 heavy (non-hydrogen) atoms. The quantitative estimate of drug-likeness (QED) is 0.317. The van der Waals surface area contributed by atoms with Crippen LogP contribution < -0.4 is 11.3 Å². The molecule has 0 fully saturated rings. The highest BCUT2D eigenvalue weighted by molar-refractivity contribution is 6.31. The molecule has 0 unspecified atom stereocenters. The van der Waals surface area contributed by atoms with Gasteiger partial charge in [0.1, 0.15) is 5.82 Å². The van der Waals surface area contributed by atoms with Gasteiger partial charge in [-0.25, -0.2) is 4.98 Å². The van der Waals surface area contributed by atoms with Crippen LogP contribution in [0.3, 0.4) is 0 Å². The molecular weight excluding hydrogens is 484 g/mol. The van der Waals surface area contributed by atoms with E-state index in [1.807, 2.05) is 80.3 Å². The fourth-order valence-corrected chi connectivity index (χ4v) is 4.83. The Kier molecular flexibility index (Phi) is 8.10. The maximum atomic E-state index is 14.0. The maximum absolute atomic E-state index is 14.0. The summed E-state index contributed by atoms with van der Waals surface area (Å²) >= 11 is 6.29. The van der Waals surface area contributed by atoms with Crippen molar-refractivity contribution in [2.24, 2.45) is 5.73 Å². The molecule has 0 bridgehead atoms. The van der Waals surface area contributed by atoms with Crippen molar-refractivity contribution in [2.45, 2.75) is 45.7 Å². The SMILES string of the molecule is CC[C@](C)(c1nc2cc(Cl)ccc2c(=O)n1Cc1ccccc1)N(CCCN)C(=O)c1ccc(C)cc1. The molecule has 6 nitrogen and oxygen atoms in total. The summed E-state index contributed by atoms with van der Waals surface area (Å²) in [6, 6.07) is 22.5. The highest BCUT2D eigenvalue weighted by atomic mass is 35.5. The van der Waals surface area contributed by atoms with Crippen molar-refractivity contribution in [1.29, 1.82) is 0 Å². The Balaban J connectivity index is 1.95. The summed E-state index contributed by atoms with van der Waals surface area (Å²) in [6.45, 7) is 7.19. The van der Waals surface area contributed by atoms with E-state index in [1.54, 1.807) is 22.8 Å². The third-order valence-electron chi connectivity index (χ3n) is 7.00. The molecule has 3 aromatic carbocycles. The first-order valence-electron chi connectivity index (χ1n) is 12.6. The Morgan fingerprint density at radius 2 is 1.78 bits per heavy atom. The molecule has 1 amide bonds. The maximum Gasteiger partial charge on any atom is 0.261 e. The Bertz CT molecular complexity index is 1450. The first-order valence-corrected chi connectivity index (χ1v) is 13.0. The lowest BCUT2D eigenvalue weighted by Gasteiger charge is -2.41. The van der Waals surface area contributed by atoms with E-state index in [2.05, 4.69) is 0 Å². The number of carbonyl (C=O) groups excluding carboxylic acids is 1. The van der Waals surface area contributed by atoms with Gasteiger partial charge in [0.2, 0.25) is 0 Å². The van der Waals surface area contributed by atoms with Crippen LogP contribution in [-0.2, 0) is 12.1 Å². The number of amides is 1. The Hall–Kier alpha value is -3.48. The number of aryl methyl sites for hydroxylation is 1. The second kappa shape index (κ2) is 11.3. The van der Waals surface area contributed by atoms with Gasteiger partial charge < -0.3 is 10.6 Å². The number of hydrogen-bond acceptors (Lipinski definition) is 4. The number of fused-ring (bicyclic) bond motifs is 1. The van der Waals surface area contributed by atoms with Crippen LogP contribution in [0.2, 0.25) is 5.02 Å². The van der Waals surface area contributed by atoms with E-state index >= 15 is 0 Å². The van der Waals surface area contributed by atoms with Crippen molar-refractivity contribution in [3.8, 4) is 0 Å². The Morgan fingerprint density at radius 1 is 1.08 bits per heavy atom. The third kappa shape index (κ3) is 5.45. The molecule has 1 atom stereocenters. The molecule has 0 aliphatic heterocycles. The van der Waals surface area contributed by atoms with E-state index in [4.69, 9.17) is 22.3 Å². The van der Waals surface area contributed by atoms with E-state index in [0.717, 1.165) is 11.1 Å². The number of carbonyl (C=O) groups is 1. The van der Waals surface area contributed by atoms with Crippen molar-refractivity contribution in [3.63, 3.8) is 0 Å². The number of nitrogens with two attached hydrogens (primary N) is 1. The van der Waals surface area contributed by atoms with E-state index in [1.165, 1.54) is 0 Å². The van der Waals surface area contributed by atoms with Gasteiger partial charge in [-0.2, -0.15) is 0 Å². The highest BCUT2D eigenvalue weighted by Gasteiger charge is 2.40. The van der Waals surface area contributed by atoms with Crippen LogP contribution in [0.1, 0.15) is 54.0 Å². The minimum absolute atomic E-state index is 0.121. The summed E-state index contributed by atoms with van der Waals surface area (Å²) in [6.07, 6.45) is 1.16. The summed E-state index contributed by atoms with van der Waals surface area (Å²) in [7, 11) is 0. The molecule has 192 valence electrons. The molecule has 0 aliphatic rings. The van der Waals surface area contributed by atoms with Crippen LogP contribution in [0, 0.1) is 6.92 Å². The summed E-state index contributed by atoms with van der Waals surface area (Å²) in [5.41, 5.74) is 7.98. The second-order valence-corrected chi connectivity index (χ2v) is 10.0. The molecule has 4 aromatic rings. The monoisotopic (exact) mass is 516 g/mol. The number of rotatable bonds is 9. The summed E-state index contributed by atoms with van der Waals surface area (Å²) < 4.78 is 1.70. The fraction of sp³-hybridized carbons (Fsp3) is 0.300. The number of aromatic nitrogens is 2. The minimum Gasteiger partial charge on any atom is -0.330 e. The topological polar surface area (TPSA) is 81.2 Å². The lowest BCUT2D eigenvalue weighted by atomic mass is 9.92. The van der Waals surface area contributed by atoms with Crippen molar-refractivity contribution in [2.75, 3.05) is 13.1 Å². The van der Waals surface area contributed by atoms with Crippen LogP contribution in [0.25, 0.3) is 10.9 Å². The van der Waals surface area contributed by atoms with Gasteiger partial charge in [0.05, 0.1) is 23.0 Å². The fourth-order valence-electron chi connectivity index (χ4n) is 4.66. The Labute approximate surface area is 222 Å². The lowest BCUT2D eigenvalue weighted by molar-refractivity contribution is 0.0449. The van der Waals surface area contributed by atoms with Gasteiger partial charge in [-0.1, -0.05) is 66.6 Å². The number of benzene rings is 3. The number of halogens is 1. The van der Waals surface area contributed by atoms with Crippen LogP contribution in [0.5, 0.6) is 0 Å². The zero-order valence-corrected chi connectivity index (χ0v) is 22.3. The molecule has 0 saturated carbocycles.